The molecule has 25 heavy (non-hydrogen) atoms. The van der Waals surface area contributed by atoms with Crippen molar-refractivity contribution in [2.75, 3.05) is 17.1 Å². The van der Waals surface area contributed by atoms with Crippen molar-refractivity contribution >= 4 is 21.6 Å². The van der Waals surface area contributed by atoms with Crippen LogP contribution in [-0.2, 0) is 21.4 Å². The maximum atomic E-state index is 13.9. The Bertz CT molecular complexity index is 842. The minimum atomic E-state index is -3.83. The van der Waals surface area contributed by atoms with E-state index in [1.807, 2.05) is 30.3 Å². The van der Waals surface area contributed by atoms with Crippen molar-refractivity contribution in [2.45, 2.75) is 13.0 Å². The first kappa shape index (κ1) is 18.9. The number of carbonyl (C=O) groups excluding carboxylic acids is 1. The Morgan fingerprint density at radius 2 is 1.80 bits per heavy atom. The van der Waals surface area contributed by atoms with Crippen molar-refractivity contribution in [1.82, 2.24) is 5.32 Å². The third kappa shape index (κ3) is 5.53. The summed E-state index contributed by atoms with van der Waals surface area (Å²) in [6, 6.07) is 11.8. The Morgan fingerprint density at radius 3 is 2.40 bits per heavy atom. The Labute approximate surface area is 145 Å². The molecular weight excluding hydrogens is 350 g/mol. The lowest BCUT2D eigenvalue weighted by Gasteiger charge is -2.22. The molecule has 0 aliphatic rings. The van der Waals surface area contributed by atoms with Gasteiger partial charge in [0.1, 0.15) is 11.6 Å². The Hall–Kier alpha value is -2.48. The third-order valence-electron chi connectivity index (χ3n) is 3.45. The Kier molecular flexibility index (Phi) is 6.08. The number of nitrogens with one attached hydrogen (secondary N) is 1. The molecule has 0 saturated carbocycles. The number of hydrogen-bond acceptors (Lipinski definition) is 3. The van der Waals surface area contributed by atoms with Gasteiger partial charge in [0.25, 0.3) is 0 Å². The van der Waals surface area contributed by atoms with Crippen LogP contribution in [0.2, 0.25) is 0 Å². The highest BCUT2D eigenvalue weighted by Crippen LogP contribution is 2.22. The highest BCUT2D eigenvalue weighted by atomic mass is 32.2. The lowest BCUT2D eigenvalue weighted by molar-refractivity contribution is -0.121. The van der Waals surface area contributed by atoms with Gasteiger partial charge >= 0.3 is 0 Å². The molecule has 0 unspecified atom stereocenters. The molecular formula is C17H18F2N2O3S. The van der Waals surface area contributed by atoms with Crippen LogP contribution in [0.15, 0.2) is 48.5 Å². The van der Waals surface area contributed by atoms with E-state index in [2.05, 4.69) is 5.32 Å². The molecule has 0 spiro atoms. The number of benzene rings is 2. The molecule has 2 aromatic rings. The summed E-state index contributed by atoms with van der Waals surface area (Å²) in [5.41, 5.74) is 0.611. The Balaban J connectivity index is 2.02. The van der Waals surface area contributed by atoms with Gasteiger partial charge in [-0.2, -0.15) is 0 Å². The molecule has 5 nitrogen and oxygen atoms in total. The van der Waals surface area contributed by atoms with E-state index in [0.29, 0.717) is 12.6 Å². The van der Waals surface area contributed by atoms with Crippen molar-refractivity contribution in [3.63, 3.8) is 0 Å². The number of amides is 1. The van der Waals surface area contributed by atoms with E-state index in [4.69, 9.17) is 0 Å². The van der Waals surface area contributed by atoms with E-state index in [1.165, 1.54) is 0 Å². The van der Waals surface area contributed by atoms with E-state index in [1.54, 1.807) is 0 Å². The van der Waals surface area contributed by atoms with E-state index in [-0.39, 0.29) is 24.6 Å². The van der Waals surface area contributed by atoms with Crippen molar-refractivity contribution in [1.29, 1.82) is 0 Å². The molecule has 1 N–H and O–H groups in total. The summed E-state index contributed by atoms with van der Waals surface area (Å²) in [6.07, 6.45) is 0.744. The van der Waals surface area contributed by atoms with Crippen LogP contribution in [-0.4, -0.2) is 27.1 Å². The van der Waals surface area contributed by atoms with Crippen LogP contribution in [0.25, 0.3) is 0 Å². The molecule has 0 aromatic heterocycles. The molecule has 0 aliphatic carbocycles. The van der Waals surface area contributed by atoms with Crippen molar-refractivity contribution in [2.24, 2.45) is 0 Å². The molecule has 2 aromatic carbocycles. The van der Waals surface area contributed by atoms with Gasteiger partial charge in [-0.25, -0.2) is 17.2 Å². The lowest BCUT2D eigenvalue weighted by Crippen LogP contribution is -2.35. The summed E-state index contributed by atoms with van der Waals surface area (Å²) in [6.45, 7) is 0.0610. The van der Waals surface area contributed by atoms with Crippen LogP contribution < -0.4 is 9.62 Å². The predicted octanol–water partition coefficient (Wildman–Crippen LogP) is 2.44. The smallest absolute Gasteiger partial charge is 0.232 e. The molecule has 0 aliphatic heterocycles. The van der Waals surface area contributed by atoms with Crippen LogP contribution in [0.5, 0.6) is 0 Å². The highest BCUT2D eigenvalue weighted by Gasteiger charge is 2.22. The number of nitrogens with zero attached hydrogens (tertiary/aromatic N) is 1. The number of carbonyl (C=O) groups is 1. The maximum absolute atomic E-state index is 13.9. The second kappa shape index (κ2) is 8.06. The predicted molar refractivity (Wildman–Crippen MR) is 91.5 cm³/mol. The summed E-state index contributed by atoms with van der Waals surface area (Å²) in [5.74, 6) is -2.19. The summed E-state index contributed by atoms with van der Waals surface area (Å²) >= 11 is 0. The summed E-state index contributed by atoms with van der Waals surface area (Å²) in [4.78, 5) is 11.9. The summed E-state index contributed by atoms with van der Waals surface area (Å²) in [5, 5.41) is 2.67. The first-order valence-corrected chi connectivity index (χ1v) is 9.35. The molecule has 0 bridgehead atoms. The number of sulfonamides is 1. The Morgan fingerprint density at radius 1 is 1.12 bits per heavy atom. The van der Waals surface area contributed by atoms with Gasteiger partial charge in [0.05, 0.1) is 11.9 Å². The van der Waals surface area contributed by atoms with Gasteiger partial charge in [0.15, 0.2) is 0 Å². The molecule has 0 heterocycles. The fraction of sp³-hybridized carbons (Fsp3) is 0.235. The van der Waals surface area contributed by atoms with Gasteiger partial charge < -0.3 is 5.32 Å². The number of anilines is 1. The molecule has 0 atom stereocenters. The van der Waals surface area contributed by atoms with Crippen molar-refractivity contribution in [3.8, 4) is 0 Å². The SMILES string of the molecule is CS(=O)(=O)N(CCC(=O)NCc1ccccc1)c1ccc(F)cc1F. The number of rotatable bonds is 7. The van der Waals surface area contributed by atoms with Crippen LogP contribution in [0.3, 0.4) is 0 Å². The topological polar surface area (TPSA) is 66.5 Å². The van der Waals surface area contributed by atoms with E-state index >= 15 is 0 Å². The second-order valence-corrected chi connectivity index (χ2v) is 7.35. The first-order valence-electron chi connectivity index (χ1n) is 7.51. The van der Waals surface area contributed by atoms with Gasteiger partial charge in [-0.3, -0.25) is 9.10 Å². The molecule has 2 rings (SSSR count). The number of hydrogen-bond donors (Lipinski definition) is 1. The minimum Gasteiger partial charge on any atom is -0.352 e. The van der Waals surface area contributed by atoms with Crippen LogP contribution in [0, 0.1) is 11.6 Å². The van der Waals surface area contributed by atoms with Gasteiger partial charge in [-0.1, -0.05) is 30.3 Å². The largest absolute Gasteiger partial charge is 0.352 e. The van der Waals surface area contributed by atoms with Crippen LogP contribution in [0.1, 0.15) is 12.0 Å². The fourth-order valence-electron chi connectivity index (χ4n) is 2.24. The molecule has 0 radical (unpaired) electrons. The first-order chi connectivity index (χ1) is 11.8. The normalized spacial score (nSPS) is 11.2. The standard InChI is InChI=1S/C17H18F2N2O3S/c1-25(23,24)21(16-8-7-14(18)11-15(16)19)10-9-17(22)20-12-13-5-3-2-4-6-13/h2-8,11H,9-10,12H2,1H3,(H,20,22). The molecule has 8 heteroatoms. The van der Waals surface area contributed by atoms with Gasteiger partial charge in [0, 0.05) is 25.6 Å². The summed E-state index contributed by atoms with van der Waals surface area (Å²) < 4.78 is 51.4. The van der Waals surface area contributed by atoms with Crippen molar-refractivity contribution in [3.05, 3.63) is 65.7 Å². The summed E-state index contributed by atoms with van der Waals surface area (Å²) in [7, 11) is -3.83. The van der Waals surface area contributed by atoms with Crippen LogP contribution >= 0.6 is 0 Å². The van der Waals surface area contributed by atoms with Gasteiger partial charge in [0.2, 0.25) is 15.9 Å². The molecule has 134 valence electrons. The monoisotopic (exact) mass is 368 g/mol. The van der Waals surface area contributed by atoms with Crippen molar-refractivity contribution < 1.29 is 22.0 Å². The lowest BCUT2D eigenvalue weighted by atomic mass is 10.2. The zero-order chi connectivity index (χ0) is 18.4. The highest BCUT2D eigenvalue weighted by molar-refractivity contribution is 7.92. The maximum Gasteiger partial charge on any atom is 0.232 e. The second-order valence-electron chi connectivity index (χ2n) is 5.44. The zero-order valence-electron chi connectivity index (χ0n) is 13.6. The van der Waals surface area contributed by atoms with E-state index in [0.717, 1.165) is 28.3 Å². The quantitative estimate of drug-likeness (QED) is 0.816. The minimum absolute atomic E-state index is 0.156. The van der Waals surface area contributed by atoms with E-state index in [9.17, 15) is 22.0 Å². The van der Waals surface area contributed by atoms with Gasteiger partial charge in [-0.15, -0.1) is 0 Å². The zero-order valence-corrected chi connectivity index (χ0v) is 14.4. The molecule has 0 fully saturated rings. The molecule has 0 saturated heterocycles. The van der Waals surface area contributed by atoms with E-state index < -0.39 is 21.7 Å². The fourth-order valence-corrected chi connectivity index (χ4v) is 3.16. The van der Waals surface area contributed by atoms with Crippen LogP contribution in [0.4, 0.5) is 14.5 Å². The average molecular weight is 368 g/mol. The molecule has 1 amide bonds. The van der Waals surface area contributed by atoms with Gasteiger partial charge in [-0.05, 0) is 17.7 Å². The average Bonchev–Trinajstić information content (AvgIpc) is 2.54. The third-order valence-corrected chi connectivity index (χ3v) is 4.63. The number of halogens is 2.